The van der Waals surface area contributed by atoms with E-state index in [4.69, 9.17) is 10.5 Å². The number of ether oxygens (including phenoxy) is 1. The number of pyridine rings is 1. The first-order chi connectivity index (χ1) is 9.27. The molecule has 1 heterocycles. The van der Waals surface area contributed by atoms with E-state index in [0.29, 0.717) is 6.42 Å². The Kier molecular flexibility index (Phi) is 6.26. The van der Waals surface area contributed by atoms with E-state index in [2.05, 4.69) is 20.9 Å². The molecule has 0 saturated heterocycles. The number of hydrogen-bond acceptors (Lipinski definition) is 3. The summed E-state index contributed by atoms with van der Waals surface area (Å²) < 4.78 is 44.3. The van der Waals surface area contributed by atoms with Gasteiger partial charge in [0, 0.05) is 0 Å². The Balaban J connectivity index is 2.83. The van der Waals surface area contributed by atoms with Crippen LogP contribution in [-0.2, 0) is 0 Å². The maximum Gasteiger partial charge on any atom is 0.284 e. The lowest BCUT2D eigenvalue weighted by Gasteiger charge is -2.28. The van der Waals surface area contributed by atoms with E-state index in [1.54, 1.807) is 0 Å². The molecule has 0 unspecified atom stereocenters. The van der Waals surface area contributed by atoms with Gasteiger partial charge in [0.2, 0.25) is 0 Å². The zero-order valence-corrected chi connectivity index (χ0v) is 13.0. The highest BCUT2D eigenvalue weighted by Crippen LogP contribution is 2.29. The van der Waals surface area contributed by atoms with Crippen molar-refractivity contribution in [1.29, 1.82) is 0 Å². The predicted molar refractivity (Wildman–Crippen MR) is 74.7 cm³/mol. The fourth-order valence-electron chi connectivity index (χ4n) is 1.90. The fourth-order valence-corrected chi connectivity index (χ4v) is 2.23. The first-order valence-corrected chi connectivity index (χ1v) is 6.99. The molecule has 0 bridgehead atoms. The smallest absolute Gasteiger partial charge is 0.284 e. The van der Waals surface area contributed by atoms with Crippen LogP contribution >= 0.6 is 15.9 Å². The van der Waals surface area contributed by atoms with Gasteiger partial charge in [-0.25, -0.2) is 18.2 Å². The molecule has 3 nitrogen and oxygen atoms in total. The average Bonchev–Trinajstić information content (AvgIpc) is 2.36. The van der Waals surface area contributed by atoms with E-state index in [1.165, 1.54) is 12.1 Å². The van der Waals surface area contributed by atoms with Gasteiger partial charge in [-0.05, 0) is 40.4 Å². The minimum atomic E-state index is -2.77. The summed E-state index contributed by atoms with van der Waals surface area (Å²) in [6, 6.07) is 2.85. The summed E-state index contributed by atoms with van der Waals surface area (Å²) in [6.07, 6.45) is -2.37. The van der Waals surface area contributed by atoms with Gasteiger partial charge < -0.3 is 10.5 Å². The number of nitrogens with two attached hydrogens (primary N) is 1. The van der Waals surface area contributed by atoms with Gasteiger partial charge in [0.15, 0.2) is 0 Å². The molecule has 7 heteroatoms. The Labute approximate surface area is 124 Å². The topological polar surface area (TPSA) is 48.1 Å². The van der Waals surface area contributed by atoms with Gasteiger partial charge in [-0.2, -0.15) is 0 Å². The quantitative estimate of drug-likeness (QED) is 0.756. The van der Waals surface area contributed by atoms with Crippen LogP contribution in [0.5, 0.6) is 5.75 Å². The SMILES string of the molecule is CC(C)C[C@@](N)(CF)COc1ccc(Br)nc1C(F)F. The first kappa shape index (κ1) is 17.2. The van der Waals surface area contributed by atoms with Gasteiger partial charge in [-0.3, -0.25) is 0 Å². The van der Waals surface area contributed by atoms with E-state index in [0.717, 1.165) is 0 Å². The minimum absolute atomic E-state index is 0.0739. The molecule has 0 fully saturated rings. The molecule has 0 aliphatic rings. The van der Waals surface area contributed by atoms with E-state index in [9.17, 15) is 13.2 Å². The van der Waals surface area contributed by atoms with E-state index in [1.807, 2.05) is 13.8 Å². The number of alkyl halides is 3. The van der Waals surface area contributed by atoms with Gasteiger partial charge in [0.25, 0.3) is 6.43 Å². The lowest BCUT2D eigenvalue weighted by Crippen LogP contribution is -2.49. The molecule has 0 aromatic carbocycles. The standard InChI is InChI=1S/C13H18BrF3N2O/c1-8(2)5-13(18,6-15)7-20-9-3-4-10(14)19-11(9)12(16)17/h3-4,8,12H,5-7,18H2,1-2H3/t13-/m1/s1. The summed E-state index contributed by atoms with van der Waals surface area (Å²) in [7, 11) is 0. The molecule has 0 amide bonds. The highest BCUT2D eigenvalue weighted by molar-refractivity contribution is 9.10. The lowest BCUT2D eigenvalue weighted by atomic mass is 9.92. The molecule has 0 saturated carbocycles. The van der Waals surface area contributed by atoms with Crippen molar-refractivity contribution in [2.45, 2.75) is 32.2 Å². The van der Waals surface area contributed by atoms with Crippen molar-refractivity contribution >= 4 is 15.9 Å². The van der Waals surface area contributed by atoms with Gasteiger partial charge in [-0.1, -0.05) is 13.8 Å². The van der Waals surface area contributed by atoms with Gasteiger partial charge >= 0.3 is 0 Å². The highest BCUT2D eigenvalue weighted by Gasteiger charge is 2.28. The molecule has 0 aliphatic carbocycles. The molecule has 0 radical (unpaired) electrons. The van der Waals surface area contributed by atoms with Crippen LogP contribution < -0.4 is 10.5 Å². The predicted octanol–water partition coefficient (Wildman–Crippen LogP) is 3.87. The van der Waals surface area contributed by atoms with Crippen molar-refractivity contribution in [3.05, 3.63) is 22.4 Å². The largest absolute Gasteiger partial charge is 0.489 e. The zero-order chi connectivity index (χ0) is 15.3. The molecule has 20 heavy (non-hydrogen) atoms. The van der Waals surface area contributed by atoms with Crippen LogP contribution in [0.2, 0.25) is 0 Å². The fraction of sp³-hybridized carbons (Fsp3) is 0.615. The summed E-state index contributed by atoms with van der Waals surface area (Å²) >= 11 is 3.02. The van der Waals surface area contributed by atoms with E-state index >= 15 is 0 Å². The van der Waals surface area contributed by atoms with Crippen molar-refractivity contribution in [2.75, 3.05) is 13.3 Å². The number of nitrogens with zero attached hydrogens (tertiary/aromatic N) is 1. The van der Waals surface area contributed by atoms with E-state index in [-0.39, 0.29) is 22.9 Å². The van der Waals surface area contributed by atoms with Crippen molar-refractivity contribution in [3.63, 3.8) is 0 Å². The molecule has 0 spiro atoms. The van der Waals surface area contributed by atoms with Gasteiger partial charge in [0.05, 0.1) is 5.54 Å². The Bertz CT molecular complexity index is 446. The third kappa shape index (κ3) is 4.94. The van der Waals surface area contributed by atoms with Crippen LogP contribution in [0, 0.1) is 5.92 Å². The molecule has 1 atom stereocenters. The van der Waals surface area contributed by atoms with Crippen LogP contribution in [0.3, 0.4) is 0 Å². The van der Waals surface area contributed by atoms with Crippen LogP contribution in [0.4, 0.5) is 13.2 Å². The van der Waals surface area contributed by atoms with Gasteiger partial charge in [0.1, 0.15) is 29.3 Å². The number of rotatable bonds is 7. The average molecular weight is 355 g/mol. The first-order valence-electron chi connectivity index (χ1n) is 6.19. The van der Waals surface area contributed by atoms with Crippen molar-refractivity contribution < 1.29 is 17.9 Å². The summed E-state index contributed by atoms with van der Waals surface area (Å²) in [5.41, 5.74) is 4.22. The van der Waals surface area contributed by atoms with Crippen LogP contribution in [0.25, 0.3) is 0 Å². The Morgan fingerprint density at radius 3 is 2.55 bits per heavy atom. The Hall–Kier alpha value is -0.820. The molecule has 2 N–H and O–H groups in total. The van der Waals surface area contributed by atoms with Crippen molar-refractivity contribution in [2.24, 2.45) is 11.7 Å². The van der Waals surface area contributed by atoms with Crippen LogP contribution in [-0.4, -0.2) is 23.8 Å². The Morgan fingerprint density at radius 2 is 2.05 bits per heavy atom. The molecule has 1 aromatic rings. The molecule has 0 aliphatic heterocycles. The highest BCUT2D eigenvalue weighted by atomic mass is 79.9. The van der Waals surface area contributed by atoms with Crippen molar-refractivity contribution in [3.8, 4) is 5.75 Å². The summed E-state index contributed by atoms with van der Waals surface area (Å²) in [6.45, 7) is 2.86. The van der Waals surface area contributed by atoms with Crippen molar-refractivity contribution in [1.82, 2.24) is 4.98 Å². The van der Waals surface area contributed by atoms with Crippen LogP contribution in [0.15, 0.2) is 16.7 Å². The Morgan fingerprint density at radius 1 is 1.40 bits per heavy atom. The molecule has 114 valence electrons. The second kappa shape index (κ2) is 7.26. The molecule has 1 aromatic heterocycles. The molecule has 1 rings (SSSR count). The van der Waals surface area contributed by atoms with E-state index < -0.39 is 24.3 Å². The second-order valence-electron chi connectivity index (χ2n) is 5.20. The van der Waals surface area contributed by atoms with Crippen LogP contribution in [0.1, 0.15) is 32.4 Å². The summed E-state index contributed by atoms with van der Waals surface area (Å²) in [5.74, 6) is 0.104. The second-order valence-corrected chi connectivity index (χ2v) is 6.01. The third-order valence-corrected chi connectivity index (χ3v) is 3.10. The lowest BCUT2D eigenvalue weighted by molar-refractivity contribution is 0.127. The van der Waals surface area contributed by atoms with Gasteiger partial charge in [-0.15, -0.1) is 0 Å². The molecular weight excluding hydrogens is 337 g/mol. The number of aromatic nitrogens is 1. The number of halogens is 4. The maximum absolute atomic E-state index is 13.1. The minimum Gasteiger partial charge on any atom is -0.489 e. The summed E-state index contributed by atoms with van der Waals surface area (Å²) in [5, 5.41) is 0. The molecular formula is C13H18BrF3N2O. The zero-order valence-electron chi connectivity index (χ0n) is 11.4. The normalized spacial score (nSPS) is 14.7. The monoisotopic (exact) mass is 354 g/mol. The number of hydrogen-bond donors (Lipinski definition) is 1. The maximum atomic E-state index is 13.1. The summed E-state index contributed by atoms with van der Waals surface area (Å²) in [4.78, 5) is 3.67. The third-order valence-electron chi connectivity index (χ3n) is 2.65.